The number of carbonyl (C=O) groups excluding carboxylic acids is 1. The molecule has 0 saturated heterocycles. The average molecular weight is 246 g/mol. The molecule has 3 rings (SSSR count). The number of amides is 1. The van der Waals surface area contributed by atoms with E-state index in [0.717, 1.165) is 31.0 Å². The molecule has 0 saturated carbocycles. The second-order valence-electron chi connectivity index (χ2n) is 5.06. The Bertz CT molecular complexity index is 527. The molecule has 0 bridgehead atoms. The van der Waals surface area contributed by atoms with Gasteiger partial charge in [-0.3, -0.25) is 4.79 Å². The van der Waals surface area contributed by atoms with E-state index in [2.05, 4.69) is 40.1 Å². The van der Waals surface area contributed by atoms with Crippen molar-refractivity contribution in [1.29, 1.82) is 0 Å². The Morgan fingerprint density at radius 2 is 2.28 bits per heavy atom. The third-order valence-corrected chi connectivity index (χ3v) is 3.51. The number of hydrogen-bond donors (Lipinski definition) is 2. The Hall–Kier alpha value is -1.62. The van der Waals surface area contributed by atoms with Crippen LogP contribution in [0.4, 0.5) is 0 Å². The SMILES string of the molecule is CC(C)n1c(C2=CCNCC2)nc2c1CNC2=O. The van der Waals surface area contributed by atoms with E-state index in [1.807, 2.05) is 0 Å². The van der Waals surface area contributed by atoms with Crippen LogP contribution in [0.25, 0.3) is 5.57 Å². The van der Waals surface area contributed by atoms with E-state index in [0.29, 0.717) is 18.3 Å². The summed E-state index contributed by atoms with van der Waals surface area (Å²) in [6, 6.07) is 0.319. The lowest BCUT2D eigenvalue weighted by Crippen LogP contribution is -2.22. The van der Waals surface area contributed by atoms with Gasteiger partial charge in [0.15, 0.2) is 5.69 Å². The molecule has 2 N–H and O–H groups in total. The Morgan fingerprint density at radius 1 is 1.44 bits per heavy atom. The normalized spacial score (nSPS) is 18.8. The van der Waals surface area contributed by atoms with Crippen LogP contribution in [0.5, 0.6) is 0 Å². The fourth-order valence-corrected chi connectivity index (χ4v) is 2.67. The maximum atomic E-state index is 11.7. The molecule has 2 aliphatic heterocycles. The molecule has 0 atom stereocenters. The van der Waals surface area contributed by atoms with Gasteiger partial charge in [0.05, 0.1) is 12.2 Å². The lowest BCUT2D eigenvalue weighted by Gasteiger charge is -2.19. The number of nitrogens with zero attached hydrogens (tertiary/aromatic N) is 2. The van der Waals surface area contributed by atoms with E-state index in [1.54, 1.807) is 0 Å². The molecule has 1 aromatic rings. The van der Waals surface area contributed by atoms with Gasteiger partial charge < -0.3 is 15.2 Å². The van der Waals surface area contributed by atoms with Gasteiger partial charge in [-0.2, -0.15) is 0 Å². The highest BCUT2D eigenvalue weighted by Crippen LogP contribution is 2.28. The number of imidazole rings is 1. The van der Waals surface area contributed by atoms with Crippen LogP contribution in [-0.4, -0.2) is 28.5 Å². The van der Waals surface area contributed by atoms with Gasteiger partial charge in [-0.05, 0) is 32.4 Å². The Kier molecular flexibility index (Phi) is 2.70. The molecule has 0 aliphatic carbocycles. The van der Waals surface area contributed by atoms with Crippen LogP contribution in [-0.2, 0) is 6.54 Å². The summed E-state index contributed by atoms with van der Waals surface area (Å²) in [6.07, 6.45) is 3.15. The van der Waals surface area contributed by atoms with Gasteiger partial charge in [0.2, 0.25) is 0 Å². The fourth-order valence-electron chi connectivity index (χ4n) is 2.67. The minimum Gasteiger partial charge on any atom is -0.345 e. The van der Waals surface area contributed by atoms with E-state index < -0.39 is 0 Å². The molecule has 5 nitrogen and oxygen atoms in total. The first kappa shape index (κ1) is 11.5. The molecule has 0 aromatic carbocycles. The maximum absolute atomic E-state index is 11.7. The van der Waals surface area contributed by atoms with Gasteiger partial charge in [0.25, 0.3) is 5.91 Å². The quantitative estimate of drug-likeness (QED) is 0.821. The van der Waals surface area contributed by atoms with Crippen molar-refractivity contribution in [2.75, 3.05) is 13.1 Å². The van der Waals surface area contributed by atoms with Crippen molar-refractivity contribution >= 4 is 11.5 Å². The van der Waals surface area contributed by atoms with E-state index in [4.69, 9.17) is 0 Å². The highest BCUT2D eigenvalue weighted by atomic mass is 16.2. The fraction of sp³-hybridized carbons (Fsp3) is 0.538. The van der Waals surface area contributed by atoms with Crippen LogP contribution in [0.1, 0.15) is 48.3 Å². The second kappa shape index (κ2) is 4.24. The lowest BCUT2D eigenvalue weighted by molar-refractivity contribution is 0.0961. The van der Waals surface area contributed by atoms with Gasteiger partial charge in [0, 0.05) is 12.6 Å². The summed E-state index contributed by atoms with van der Waals surface area (Å²) < 4.78 is 2.20. The number of aromatic nitrogens is 2. The highest BCUT2D eigenvalue weighted by molar-refractivity contribution is 5.96. The summed E-state index contributed by atoms with van der Waals surface area (Å²) in [5.74, 6) is 0.937. The van der Waals surface area contributed by atoms with Gasteiger partial charge in [-0.1, -0.05) is 6.08 Å². The number of fused-ring (bicyclic) bond motifs is 1. The van der Waals surface area contributed by atoms with Crippen molar-refractivity contribution in [2.24, 2.45) is 0 Å². The predicted octanol–water partition coefficient (Wildman–Crippen LogP) is 1.08. The van der Waals surface area contributed by atoms with Crippen LogP contribution in [0.2, 0.25) is 0 Å². The molecule has 1 aromatic heterocycles. The standard InChI is InChI=1S/C13H18N4O/c1-8(2)17-10-7-15-13(18)11(10)16-12(17)9-3-5-14-6-4-9/h3,8,14H,4-7H2,1-2H3,(H,15,18). The smallest absolute Gasteiger partial charge is 0.272 e. The summed E-state index contributed by atoms with van der Waals surface area (Å²) in [5, 5.41) is 6.13. The van der Waals surface area contributed by atoms with Crippen molar-refractivity contribution in [1.82, 2.24) is 20.2 Å². The monoisotopic (exact) mass is 246 g/mol. The van der Waals surface area contributed by atoms with E-state index >= 15 is 0 Å². The zero-order valence-electron chi connectivity index (χ0n) is 10.8. The molecule has 3 heterocycles. The van der Waals surface area contributed by atoms with Crippen LogP contribution in [0.3, 0.4) is 0 Å². The molecule has 96 valence electrons. The summed E-state index contributed by atoms with van der Waals surface area (Å²) in [4.78, 5) is 16.3. The third-order valence-electron chi connectivity index (χ3n) is 3.51. The molecule has 0 fully saturated rings. The first-order valence-corrected chi connectivity index (χ1v) is 6.48. The number of carbonyl (C=O) groups is 1. The Labute approximate surface area is 106 Å². The Morgan fingerprint density at radius 3 is 2.94 bits per heavy atom. The van der Waals surface area contributed by atoms with Crippen molar-refractivity contribution < 1.29 is 4.79 Å². The van der Waals surface area contributed by atoms with E-state index in [-0.39, 0.29) is 5.91 Å². The molecule has 5 heteroatoms. The van der Waals surface area contributed by atoms with Gasteiger partial charge >= 0.3 is 0 Å². The highest BCUT2D eigenvalue weighted by Gasteiger charge is 2.29. The van der Waals surface area contributed by atoms with Crippen LogP contribution in [0.15, 0.2) is 6.08 Å². The van der Waals surface area contributed by atoms with Crippen molar-refractivity contribution in [3.8, 4) is 0 Å². The largest absolute Gasteiger partial charge is 0.345 e. The van der Waals surface area contributed by atoms with Gasteiger partial charge in [0.1, 0.15) is 5.82 Å². The lowest BCUT2D eigenvalue weighted by atomic mass is 10.1. The molecule has 0 spiro atoms. The summed E-state index contributed by atoms with van der Waals surface area (Å²) >= 11 is 0. The second-order valence-corrected chi connectivity index (χ2v) is 5.06. The molecule has 1 amide bonds. The zero-order chi connectivity index (χ0) is 12.7. The van der Waals surface area contributed by atoms with Crippen molar-refractivity contribution in [2.45, 2.75) is 32.9 Å². The van der Waals surface area contributed by atoms with Gasteiger partial charge in [-0.15, -0.1) is 0 Å². The molecule has 2 aliphatic rings. The first-order valence-electron chi connectivity index (χ1n) is 6.48. The van der Waals surface area contributed by atoms with E-state index in [1.165, 1.54) is 5.57 Å². The minimum atomic E-state index is -0.0415. The van der Waals surface area contributed by atoms with Crippen LogP contribution in [0, 0.1) is 0 Å². The predicted molar refractivity (Wildman–Crippen MR) is 69.2 cm³/mol. The average Bonchev–Trinajstić information content (AvgIpc) is 2.91. The summed E-state index contributed by atoms with van der Waals surface area (Å²) in [6.45, 7) is 6.74. The first-order chi connectivity index (χ1) is 8.68. The Balaban J connectivity index is 2.12. The number of rotatable bonds is 2. The maximum Gasteiger partial charge on any atom is 0.272 e. The van der Waals surface area contributed by atoms with Crippen LogP contribution >= 0.6 is 0 Å². The van der Waals surface area contributed by atoms with Crippen molar-refractivity contribution in [3.63, 3.8) is 0 Å². The number of nitrogens with one attached hydrogen (secondary N) is 2. The molecular formula is C13H18N4O. The van der Waals surface area contributed by atoms with E-state index in [9.17, 15) is 4.79 Å². The summed E-state index contributed by atoms with van der Waals surface area (Å²) in [5.41, 5.74) is 2.90. The molecule has 0 radical (unpaired) electrons. The van der Waals surface area contributed by atoms with Crippen molar-refractivity contribution in [3.05, 3.63) is 23.3 Å². The number of hydrogen-bond acceptors (Lipinski definition) is 3. The summed E-state index contributed by atoms with van der Waals surface area (Å²) in [7, 11) is 0. The van der Waals surface area contributed by atoms with Gasteiger partial charge in [-0.25, -0.2) is 4.98 Å². The topological polar surface area (TPSA) is 59.0 Å². The molecule has 0 unspecified atom stereocenters. The zero-order valence-corrected chi connectivity index (χ0v) is 10.8. The minimum absolute atomic E-state index is 0.0415. The molecule has 18 heavy (non-hydrogen) atoms. The third kappa shape index (κ3) is 1.66. The van der Waals surface area contributed by atoms with Crippen LogP contribution < -0.4 is 10.6 Å². The molecular weight excluding hydrogens is 228 g/mol.